The number of rotatable bonds is 6. The fourth-order valence-electron chi connectivity index (χ4n) is 2.10. The van der Waals surface area contributed by atoms with Gasteiger partial charge in [0.25, 0.3) is 0 Å². The molecular formula is C10H13F6I2NO2. The lowest BCUT2D eigenvalue weighted by Crippen LogP contribution is -2.55. The van der Waals surface area contributed by atoms with Crippen molar-refractivity contribution in [2.75, 3.05) is 19.7 Å². The van der Waals surface area contributed by atoms with Crippen LogP contribution in [0.15, 0.2) is 0 Å². The highest BCUT2D eigenvalue weighted by molar-refractivity contribution is 14.1. The van der Waals surface area contributed by atoms with Crippen molar-refractivity contribution < 1.29 is 32.5 Å². The number of nitrogens with zero attached hydrogens (tertiary/aromatic N) is 1. The first-order valence-electron chi connectivity index (χ1n) is 5.98. The molecule has 126 valence electrons. The summed E-state index contributed by atoms with van der Waals surface area (Å²) in [5.74, 6) is -5.44. The predicted octanol–water partition coefficient (Wildman–Crippen LogP) is 4.29. The predicted molar refractivity (Wildman–Crippen MR) is 79.1 cm³/mol. The lowest BCUT2D eigenvalue weighted by Gasteiger charge is -2.38. The Bertz CT molecular complexity index is 325. The van der Waals surface area contributed by atoms with Gasteiger partial charge in [0.2, 0.25) is 6.30 Å². The molecule has 0 aromatic rings. The van der Waals surface area contributed by atoms with E-state index in [1.807, 2.05) is 0 Å². The first-order valence-corrected chi connectivity index (χ1v) is 7.74. The number of hydrogen-bond donors (Lipinski definition) is 0. The molecule has 0 radical (unpaired) electrons. The zero-order chi connectivity index (χ0) is 16.3. The number of halogens is 8. The zero-order valence-corrected chi connectivity index (χ0v) is 14.9. The van der Waals surface area contributed by atoms with Gasteiger partial charge in [0.1, 0.15) is 46.0 Å². The summed E-state index contributed by atoms with van der Waals surface area (Å²) in [6.45, 7) is -1.28. The van der Waals surface area contributed by atoms with Crippen LogP contribution in [0.3, 0.4) is 0 Å². The monoisotopic (exact) mass is 547 g/mol. The zero-order valence-electron chi connectivity index (χ0n) is 10.6. The highest BCUT2D eigenvalue weighted by Crippen LogP contribution is 2.38. The van der Waals surface area contributed by atoms with Crippen molar-refractivity contribution in [2.45, 2.75) is 37.3 Å². The molecule has 1 aliphatic heterocycles. The highest BCUT2D eigenvalue weighted by atomic mass is 127. The Hall–Kier alpha value is 0.920. The van der Waals surface area contributed by atoms with Gasteiger partial charge in [-0.15, -0.1) is 0 Å². The van der Waals surface area contributed by atoms with E-state index in [2.05, 4.69) is 6.13 Å². The Morgan fingerprint density at radius 3 is 2.00 bits per heavy atom. The summed E-state index contributed by atoms with van der Waals surface area (Å²) in [5, 5.41) is 0. The van der Waals surface area contributed by atoms with Gasteiger partial charge in [0, 0.05) is 13.1 Å². The Morgan fingerprint density at radius 1 is 1.10 bits per heavy atom. The van der Waals surface area contributed by atoms with Gasteiger partial charge in [0.15, 0.2) is 6.10 Å². The molecule has 21 heavy (non-hydrogen) atoms. The fourth-order valence-corrected chi connectivity index (χ4v) is 2.92. The van der Waals surface area contributed by atoms with Gasteiger partial charge < -0.3 is 6.13 Å². The normalized spacial score (nSPS) is 22.3. The molecule has 1 rings (SSSR count). The summed E-state index contributed by atoms with van der Waals surface area (Å²) < 4.78 is 88.3. The third kappa shape index (κ3) is 5.21. The Balaban J connectivity index is 2.65. The van der Waals surface area contributed by atoms with E-state index in [0.717, 1.165) is 4.90 Å². The minimum atomic E-state index is -4.37. The molecule has 1 saturated heterocycles. The summed E-state index contributed by atoms with van der Waals surface area (Å²) >= 11 is 2.60. The topological polar surface area (TPSA) is 21.7 Å². The van der Waals surface area contributed by atoms with E-state index in [-0.39, 0.29) is 13.1 Å². The quantitative estimate of drug-likeness (QED) is 0.282. The third-order valence-corrected chi connectivity index (χ3v) is 4.36. The average molecular weight is 547 g/mol. The van der Waals surface area contributed by atoms with Gasteiger partial charge in [-0.3, -0.25) is 4.90 Å². The van der Waals surface area contributed by atoms with Crippen LogP contribution in [-0.2, 0) is 6.13 Å². The van der Waals surface area contributed by atoms with Crippen LogP contribution in [0.1, 0.15) is 12.8 Å². The molecule has 0 aliphatic carbocycles. The number of alkyl halides is 6. The molecule has 3 nitrogen and oxygen atoms in total. The van der Waals surface area contributed by atoms with Crippen molar-refractivity contribution in [3.05, 3.63) is 0 Å². The summed E-state index contributed by atoms with van der Waals surface area (Å²) in [4.78, 5) is 0.720. The first-order chi connectivity index (χ1) is 9.64. The van der Waals surface area contributed by atoms with Gasteiger partial charge in [-0.05, 0) is 12.8 Å². The largest absolute Gasteiger partial charge is 0.391 e. The Labute approximate surface area is 146 Å². The SMILES string of the molecule is FC(N1CCC(C(F)(F)F)CC1)C(F)(F)C(COI)OI. The minimum absolute atomic E-state index is 0.375. The molecule has 0 bridgehead atoms. The van der Waals surface area contributed by atoms with Gasteiger partial charge >= 0.3 is 12.1 Å². The summed E-state index contributed by atoms with van der Waals surface area (Å²) in [5.41, 5.74) is 0. The van der Waals surface area contributed by atoms with Crippen molar-refractivity contribution in [3.63, 3.8) is 0 Å². The van der Waals surface area contributed by atoms with Crippen LogP contribution in [0.4, 0.5) is 26.3 Å². The van der Waals surface area contributed by atoms with E-state index in [9.17, 15) is 26.3 Å². The van der Waals surface area contributed by atoms with Crippen LogP contribution < -0.4 is 0 Å². The Kier molecular flexibility index (Phi) is 7.75. The second kappa shape index (κ2) is 8.15. The lowest BCUT2D eigenvalue weighted by atomic mass is 9.95. The lowest BCUT2D eigenvalue weighted by molar-refractivity contribution is -0.211. The molecule has 2 atom stereocenters. The van der Waals surface area contributed by atoms with Gasteiger partial charge in [0.05, 0.1) is 12.5 Å². The first kappa shape index (κ1) is 20.0. The van der Waals surface area contributed by atoms with E-state index >= 15 is 0 Å². The summed E-state index contributed by atoms with van der Waals surface area (Å²) in [6, 6.07) is 0. The number of piperidine rings is 1. The molecule has 0 spiro atoms. The van der Waals surface area contributed by atoms with Crippen LogP contribution >= 0.6 is 46.0 Å². The smallest absolute Gasteiger partial charge is 0.313 e. The van der Waals surface area contributed by atoms with E-state index in [1.54, 1.807) is 0 Å². The van der Waals surface area contributed by atoms with E-state index in [1.165, 1.54) is 46.0 Å². The van der Waals surface area contributed by atoms with Crippen molar-refractivity contribution in [1.29, 1.82) is 0 Å². The second-order valence-electron chi connectivity index (χ2n) is 4.72. The molecule has 0 N–H and O–H groups in total. The molecule has 0 saturated carbocycles. The van der Waals surface area contributed by atoms with Crippen LogP contribution in [0, 0.1) is 5.92 Å². The van der Waals surface area contributed by atoms with Gasteiger partial charge in [-0.25, -0.2) is 4.39 Å². The molecule has 0 amide bonds. The maximum Gasteiger partial charge on any atom is 0.391 e. The fraction of sp³-hybridized carbons (Fsp3) is 1.00. The molecule has 1 heterocycles. The van der Waals surface area contributed by atoms with Crippen molar-refractivity contribution in [2.24, 2.45) is 5.92 Å². The minimum Gasteiger partial charge on any atom is -0.313 e. The molecule has 1 aliphatic rings. The molecule has 0 aromatic heterocycles. The van der Waals surface area contributed by atoms with Gasteiger partial charge in [-0.1, -0.05) is 0 Å². The maximum absolute atomic E-state index is 14.0. The standard InChI is InChI=1S/C10H13F6I2NO2/c11-8(9(12,13)7(21-18)5-20-17)19-3-1-6(2-4-19)10(14,15)16/h6-8H,1-5H2. The number of likely N-dealkylation sites (tertiary alicyclic amines) is 1. The van der Waals surface area contributed by atoms with Crippen molar-refractivity contribution in [3.8, 4) is 0 Å². The average Bonchev–Trinajstić information content (AvgIpc) is 2.42. The van der Waals surface area contributed by atoms with Crippen LogP contribution in [0.2, 0.25) is 0 Å². The second-order valence-corrected chi connectivity index (χ2v) is 5.85. The summed E-state index contributed by atoms with van der Waals surface area (Å²) in [7, 11) is 0. The Morgan fingerprint density at radius 2 is 1.62 bits per heavy atom. The number of hydrogen-bond acceptors (Lipinski definition) is 3. The molecule has 0 aromatic carbocycles. The highest BCUT2D eigenvalue weighted by Gasteiger charge is 2.53. The van der Waals surface area contributed by atoms with Gasteiger partial charge in [-0.2, -0.15) is 22.0 Å². The van der Waals surface area contributed by atoms with E-state index < -0.39 is 49.9 Å². The van der Waals surface area contributed by atoms with Crippen LogP contribution in [0.5, 0.6) is 0 Å². The van der Waals surface area contributed by atoms with E-state index in [4.69, 9.17) is 0 Å². The maximum atomic E-state index is 14.0. The molecule has 1 fully saturated rings. The molecule has 2 unspecified atom stereocenters. The molecular weight excluding hydrogens is 534 g/mol. The van der Waals surface area contributed by atoms with Crippen molar-refractivity contribution in [1.82, 2.24) is 4.90 Å². The molecule has 11 heteroatoms. The van der Waals surface area contributed by atoms with Crippen LogP contribution in [0.25, 0.3) is 0 Å². The summed E-state index contributed by atoms with van der Waals surface area (Å²) in [6.07, 6.45) is -9.68. The van der Waals surface area contributed by atoms with E-state index in [0.29, 0.717) is 0 Å². The van der Waals surface area contributed by atoms with Crippen LogP contribution in [-0.4, -0.2) is 49.1 Å². The third-order valence-electron chi connectivity index (χ3n) is 3.38. The van der Waals surface area contributed by atoms with Crippen molar-refractivity contribution >= 4 is 46.0 Å².